The molecule has 7 heteroatoms. The van der Waals surface area contributed by atoms with Crippen LogP contribution in [0.15, 0.2) is 5.28 Å². The average molecular weight is 215 g/mol. The second-order valence-electron chi connectivity index (χ2n) is 2.86. The summed E-state index contributed by atoms with van der Waals surface area (Å²) in [5.41, 5.74) is 0. The van der Waals surface area contributed by atoms with Crippen LogP contribution in [0, 0.1) is 5.21 Å². The van der Waals surface area contributed by atoms with Gasteiger partial charge in [-0.15, -0.1) is 5.01 Å². The molecule has 0 spiro atoms. The molecule has 0 aromatic carbocycles. The molecule has 0 saturated heterocycles. The Kier molecular flexibility index (Phi) is 12.9. The molecule has 0 aromatic rings. The van der Waals surface area contributed by atoms with Gasteiger partial charge in [-0.2, -0.15) is 0 Å². The fourth-order valence-electron chi connectivity index (χ4n) is 0.960. The van der Waals surface area contributed by atoms with E-state index in [1.54, 1.807) is 7.05 Å². The van der Waals surface area contributed by atoms with Crippen LogP contribution in [-0.4, -0.2) is 70.0 Å². The number of hydrogen-bond acceptors (Lipinski definition) is 3. The first-order valence-corrected chi connectivity index (χ1v) is 4.36. The number of hydrogen-bond donors (Lipinski definition) is 2. The number of aliphatic hydroxyl groups is 1. The summed E-state index contributed by atoms with van der Waals surface area (Å²) in [6.07, 6.45) is 3.57. The van der Waals surface area contributed by atoms with Crippen molar-refractivity contribution in [1.29, 1.82) is 0 Å². The van der Waals surface area contributed by atoms with Crippen LogP contribution >= 0.6 is 0 Å². The van der Waals surface area contributed by atoms with Gasteiger partial charge in [0.05, 0.1) is 18.6 Å². The number of hydrazine groups is 1. The summed E-state index contributed by atoms with van der Waals surface area (Å²) in [4.78, 5) is 0.145. The van der Waals surface area contributed by atoms with Gasteiger partial charge in [-0.1, -0.05) is 12.8 Å². The van der Waals surface area contributed by atoms with Gasteiger partial charge >= 0.3 is 29.6 Å². The van der Waals surface area contributed by atoms with Crippen molar-refractivity contribution in [1.82, 2.24) is 5.01 Å². The molecule has 0 aliphatic carbocycles. The van der Waals surface area contributed by atoms with Crippen molar-refractivity contribution in [2.45, 2.75) is 25.7 Å². The Labute approximate surface area is 106 Å². The molecule has 0 rings (SSSR count). The van der Waals surface area contributed by atoms with E-state index < -0.39 is 0 Å². The Balaban J connectivity index is 0. The molecule has 0 aromatic heterocycles. The molecular weight excluding hydrogens is 197 g/mol. The normalized spacial score (nSPS) is 10.9. The van der Waals surface area contributed by atoms with Crippen molar-refractivity contribution < 1.29 is 15.3 Å². The van der Waals surface area contributed by atoms with Gasteiger partial charge in [0, 0.05) is 6.61 Å². The first-order chi connectivity index (χ1) is 6.22. The van der Waals surface area contributed by atoms with Crippen molar-refractivity contribution in [3.8, 4) is 0 Å². The summed E-state index contributed by atoms with van der Waals surface area (Å²) >= 11 is 0. The van der Waals surface area contributed by atoms with E-state index in [-0.39, 0.29) is 41.1 Å². The van der Waals surface area contributed by atoms with E-state index in [0.717, 1.165) is 25.7 Å². The molecule has 80 valence electrons. The third-order valence-electron chi connectivity index (χ3n) is 1.76. The first-order valence-electron chi connectivity index (χ1n) is 4.36. The molecule has 0 atom stereocenters. The van der Waals surface area contributed by atoms with E-state index >= 15 is 0 Å². The molecule has 0 heterocycles. The SMILES string of the molecule is CN(CCCCCCO)/[N+]([O-])=N\O.[NaH]. The van der Waals surface area contributed by atoms with Crippen molar-refractivity contribution in [3.63, 3.8) is 0 Å². The molecular formula is C7H18N3NaO3. The van der Waals surface area contributed by atoms with Crippen molar-refractivity contribution in [3.05, 3.63) is 5.21 Å². The zero-order chi connectivity index (χ0) is 10.1. The Morgan fingerprint density at radius 2 is 1.86 bits per heavy atom. The third kappa shape index (κ3) is 8.55. The summed E-state index contributed by atoms with van der Waals surface area (Å²) in [6, 6.07) is 0. The first kappa shape index (κ1) is 16.4. The van der Waals surface area contributed by atoms with Crippen LogP contribution < -0.4 is 0 Å². The van der Waals surface area contributed by atoms with Crippen molar-refractivity contribution in [2.75, 3.05) is 20.2 Å². The van der Waals surface area contributed by atoms with E-state index in [1.807, 2.05) is 0 Å². The number of unbranched alkanes of at least 4 members (excludes halogenated alkanes) is 3. The van der Waals surface area contributed by atoms with Crippen LogP contribution in [0.2, 0.25) is 0 Å². The second kappa shape index (κ2) is 11.0. The minimum atomic E-state index is 0. The van der Waals surface area contributed by atoms with Crippen LogP contribution in [0.25, 0.3) is 0 Å². The molecule has 2 N–H and O–H groups in total. The van der Waals surface area contributed by atoms with Crippen LogP contribution in [0.5, 0.6) is 0 Å². The molecule has 14 heavy (non-hydrogen) atoms. The minimum absolute atomic E-state index is 0. The van der Waals surface area contributed by atoms with Crippen molar-refractivity contribution in [2.24, 2.45) is 5.28 Å². The van der Waals surface area contributed by atoms with Gasteiger partial charge in [0.1, 0.15) is 0 Å². The van der Waals surface area contributed by atoms with Gasteiger partial charge in [0.15, 0.2) is 0 Å². The fourth-order valence-corrected chi connectivity index (χ4v) is 0.960. The average Bonchev–Trinajstić information content (AvgIpc) is 2.16. The van der Waals surface area contributed by atoms with Crippen LogP contribution in [0.1, 0.15) is 25.7 Å². The Hall–Kier alpha value is -0.0400. The summed E-state index contributed by atoms with van der Waals surface area (Å²) in [5.74, 6) is 0. The summed E-state index contributed by atoms with van der Waals surface area (Å²) < 4.78 is 0. The maximum atomic E-state index is 10.6. The van der Waals surface area contributed by atoms with Gasteiger partial charge in [-0.25, -0.2) is 0 Å². The van der Waals surface area contributed by atoms with Crippen LogP contribution in [0.3, 0.4) is 0 Å². The summed E-state index contributed by atoms with van der Waals surface area (Å²) in [7, 11) is 1.55. The summed E-state index contributed by atoms with van der Waals surface area (Å²) in [5, 5.41) is 31.0. The topological polar surface area (TPSA) is 82.1 Å². The third-order valence-corrected chi connectivity index (χ3v) is 1.76. The van der Waals surface area contributed by atoms with Gasteiger partial charge in [-0.3, -0.25) is 0 Å². The molecule has 0 aliphatic heterocycles. The monoisotopic (exact) mass is 215 g/mol. The zero-order valence-electron chi connectivity index (χ0n) is 7.89. The maximum absolute atomic E-state index is 10.6. The van der Waals surface area contributed by atoms with Crippen LogP contribution in [0.4, 0.5) is 0 Å². The van der Waals surface area contributed by atoms with E-state index in [0.29, 0.717) is 6.54 Å². The van der Waals surface area contributed by atoms with Gasteiger partial charge in [0.2, 0.25) is 5.28 Å². The predicted octanol–water partition coefficient (Wildman–Crippen LogP) is 0.0891. The Morgan fingerprint density at radius 3 is 2.36 bits per heavy atom. The number of nitrogens with zero attached hydrogens (tertiary/aromatic N) is 3. The number of rotatable bonds is 7. The van der Waals surface area contributed by atoms with E-state index in [1.165, 1.54) is 5.01 Å². The zero-order valence-corrected chi connectivity index (χ0v) is 7.89. The van der Waals surface area contributed by atoms with Crippen LogP contribution in [-0.2, 0) is 0 Å². The number of aliphatic hydroxyl groups excluding tert-OH is 1. The molecule has 0 unspecified atom stereocenters. The van der Waals surface area contributed by atoms with Crippen molar-refractivity contribution >= 4 is 29.6 Å². The van der Waals surface area contributed by atoms with Gasteiger partial charge in [0.25, 0.3) is 0 Å². The Morgan fingerprint density at radius 1 is 1.29 bits per heavy atom. The molecule has 0 aliphatic rings. The molecule has 0 amide bonds. The van der Waals surface area contributed by atoms with E-state index in [2.05, 4.69) is 5.28 Å². The second-order valence-corrected chi connectivity index (χ2v) is 2.86. The molecule has 6 nitrogen and oxygen atoms in total. The van der Waals surface area contributed by atoms with E-state index in [9.17, 15) is 5.21 Å². The summed E-state index contributed by atoms with van der Waals surface area (Å²) in [6.45, 7) is 0.772. The molecule has 0 fully saturated rings. The quantitative estimate of drug-likeness (QED) is 0.207. The molecule has 0 radical (unpaired) electrons. The molecule has 0 bridgehead atoms. The van der Waals surface area contributed by atoms with E-state index in [4.69, 9.17) is 10.3 Å². The molecule has 0 saturated carbocycles. The van der Waals surface area contributed by atoms with Gasteiger partial charge in [-0.05, 0) is 12.8 Å². The Bertz CT molecular complexity index is 157. The predicted molar refractivity (Wildman–Crippen MR) is 53.2 cm³/mol. The standard InChI is InChI=1S/C7H17N3O3.Na.H/c1-9(10(13)8-12)6-4-2-3-5-7-11;;/h11-12H,2-7H2,1H3;;/b10-8+;;. The van der Waals surface area contributed by atoms with Gasteiger partial charge < -0.3 is 15.5 Å². The fraction of sp³-hybridized carbons (Fsp3) is 1.00.